The quantitative estimate of drug-likeness (QED) is 0.782. The molecule has 1 heterocycles. The smallest absolute Gasteiger partial charge is 0.362 e. The van der Waals surface area contributed by atoms with Gasteiger partial charge in [-0.05, 0) is 12.1 Å². The molecule has 6 nitrogen and oxygen atoms in total. The number of esters is 1. The predicted octanol–water partition coefficient (Wildman–Crippen LogP) is 1.62. The van der Waals surface area contributed by atoms with Crippen molar-refractivity contribution in [1.82, 2.24) is 9.55 Å². The number of carbonyl (C=O) groups excluding carboxylic acids is 1. The highest BCUT2D eigenvalue weighted by Gasteiger charge is 2.18. The predicted molar refractivity (Wildman–Crippen MR) is 77.1 cm³/mol. The fourth-order valence-corrected chi connectivity index (χ4v) is 2.06. The van der Waals surface area contributed by atoms with E-state index in [9.17, 15) is 18.4 Å². The van der Waals surface area contributed by atoms with Crippen LogP contribution in [0.3, 0.4) is 0 Å². The van der Waals surface area contributed by atoms with Gasteiger partial charge in [-0.15, -0.1) is 0 Å². The van der Waals surface area contributed by atoms with Crippen molar-refractivity contribution in [1.29, 1.82) is 0 Å². The summed E-state index contributed by atoms with van der Waals surface area (Å²) in [5, 5.41) is 0. The monoisotopic (exact) mass is 324 g/mol. The van der Waals surface area contributed by atoms with Crippen LogP contribution in [0.15, 0.2) is 29.2 Å². The molecule has 2 aromatic rings. The van der Waals surface area contributed by atoms with E-state index >= 15 is 0 Å². The summed E-state index contributed by atoms with van der Waals surface area (Å²) < 4.78 is 37.4. The molecule has 0 radical (unpaired) electrons. The van der Waals surface area contributed by atoms with Gasteiger partial charge in [-0.25, -0.2) is 18.6 Å². The third-order valence-electron chi connectivity index (χ3n) is 3.11. The maximum atomic E-state index is 13.4. The van der Waals surface area contributed by atoms with Crippen LogP contribution in [0.2, 0.25) is 0 Å². The van der Waals surface area contributed by atoms with Crippen molar-refractivity contribution in [2.24, 2.45) is 0 Å². The number of hydrogen-bond donors (Lipinski definition) is 0. The first-order chi connectivity index (χ1) is 11.0. The van der Waals surface area contributed by atoms with E-state index in [0.29, 0.717) is 0 Å². The van der Waals surface area contributed by atoms with Crippen LogP contribution < -0.4 is 5.56 Å². The van der Waals surface area contributed by atoms with E-state index in [1.54, 1.807) is 0 Å². The third-order valence-corrected chi connectivity index (χ3v) is 3.11. The third kappa shape index (κ3) is 3.59. The summed E-state index contributed by atoms with van der Waals surface area (Å²) in [6, 6.07) is 2.86. The van der Waals surface area contributed by atoms with Gasteiger partial charge in [-0.1, -0.05) is 0 Å². The second kappa shape index (κ2) is 7.10. The Morgan fingerprint density at radius 3 is 2.43 bits per heavy atom. The molecule has 0 fully saturated rings. The first kappa shape index (κ1) is 16.8. The molecular weight excluding hydrogens is 310 g/mol. The number of benzene rings is 1. The highest BCUT2D eigenvalue weighted by Crippen LogP contribution is 2.20. The number of hydrogen-bond acceptors (Lipinski definition) is 5. The molecule has 0 saturated carbocycles. The van der Waals surface area contributed by atoms with Gasteiger partial charge in [0, 0.05) is 25.3 Å². The minimum atomic E-state index is -0.891. The molecule has 0 aliphatic heterocycles. The van der Waals surface area contributed by atoms with E-state index in [2.05, 4.69) is 9.72 Å². The molecule has 2 rings (SSSR count). The highest BCUT2D eigenvalue weighted by atomic mass is 19.1. The number of nitrogens with zero attached hydrogens (tertiary/aromatic N) is 2. The lowest BCUT2D eigenvalue weighted by Crippen LogP contribution is -2.31. The zero-order valence-corrected chi connectivity index (χ0v) is 12.5. The number of aromatic nitrogens is 2. The topological polar surface area (TPSA) is 70.4 Å². The Hall–Kier alpha value is -2.61. The highest BCUT2D eigenvalue weighted by molar-refractivity contribution is 5.86. The molecule has 8 heteroatoms. The zero-order valence-electron chi connectivity index (χ0n) is 12.5. The van der Waals surface area contributed by atoms with Crippen LogP contribution in [0.4, 0.5) is 8.78 Å². The van der Waals surface area contributed by atoms with Gasteiger partial charge in [0.15, 0.2) is 0 Å². The van der Waals surface area contributed by atoms with Gasteiger partial charge < -0.3 is 14.0 Å². The van der Waals surface area contributed by atoms with Crippen LogP contribution in [0.25, 0.3) is 11.3 Å². The summed E-state index contributed by atoms with van der Waals surface area (Å²) in [4.78, 5) is 27.7. The molecular formula is C15H14F2N2O4. The van der Waals surface area contributed by atoms with Crippen LogP contribution in [-0.4, -0.2) is 36.3 Å². The van der Waals surface area contributed by atoms with Crippen LogP contribution in [0.5, 0.6) is 0 Å². The average Bonchev–Trinajstić information content (AvgIpc) is 2.51. The van der Waals surface area contributed by atoms with Gasteiger partial charge in [0.1, 0.15) is 11.6 Å². The van der Waals surface area contributed by atoms with E-state index in [0.717, 1.165) is 29.9 Å². The summed E-state index contributed by atoms with van der Waals surface area (Å²) in [6.45, 7) is 0.241. The molecule has 0 bridgehead atoms. The van der Waals surface area contributed by atoms with Crippen molar-refractivity contribution in [2.45, 2.75) is 6.54 Å². The van der Waals surface area contributed by atoms with Crippen LogP contribution in [-0.2, 0) is 16.0 Å². The molecule has 1 aromatic carbocycles. The summed E-state index contributed by atoms with van der Waals surface area (Å²) in [7, 11) is 2.56. The Morgan fingerprint density at radius 2 is 1.87 bits per heavy atom. The summed E-state index contributed by atoms with van der Waals surface area (Å²) in [5.74, 6) is -2.47. The minimum absolute atomic E-state index is 0.0787. The van der Waals surface area contributed by atoms with E-state index < -0.39 is 28.9 Å². The molecule has 0 unspecified atom stereocenters. The summed E-state index contributed by atoms with van der Waals surface area (Å²) in [5.41, 5.74) is -0.849. The van der Waals surface area contributed by atoms with Crippen LogP contribution in [0, 0.1) is 11.6 Å². The largest absolute Gasteiger partial charge is 0.464 e. The maximum Gasteiger partial charge on any atom is 0.362 e. The van der Waals surface area contributed by atoms with E-state index in [1.165, 1.54) is 13.3 Å². The van der Waals surface area contributed by atoms with Gasteiger partial charge in [0.05, 0.1) is 25.6 Å². The van der Waals surface area contributed by atoms with Gasteiger partial charge >= 0.3 is 5.97 Å². The molecule has 0 aliphatic rings. The summed E-state index contributed by atoms with van der Waals surface area (Å²) >= 11 is 0. The molecule has 0 amide bonds. The Morgan fingerprint density at radius 1 is 1.22 bits per heavy atom. The number of carbonyl (C=O) groups is 1. The minimum Gasteiger partial charge on any atom is -0.464 e. The number of rotatable bonds is 5. The van der Waals surface area contributed by atoms with Crippen molar-refractivity contribution in [3.8, 4) is 11.3 Å². The number of ether oxygens (including phenoxy) is 2. The molecule has 122 valence electrons. The van der Waals surface area contributed by atoms with E-state index in [1.807, 2.05) is 0 Å². The Bertz CT molecular complexity index is 769. The fraction of sp³-hybridized carbons (Fsp3) is 0.267. The fourth-order valence-electron chi connectivity index (χ4n) is 2.06. The number of halogens is 2. The van der Waals surface area contributed by atoms with Gasteiger partial charge in [-0.2, -0.15) is 0 Å². The average molecular weight is 324 g/mol. The van der Waals surface area contributed by atoms with Crippen molar-refractivity contribution in [3.63, 3.8) is 0 Å². The van der Waals surface area contributed by atoms with E-state index in [-0.39, 0.29) is 24.4 Å². The molecule has 23 heavy (non-hydrogen) atoms. The molecule has 0 atom stereocenters. The Kier molecular flexibility index (Phi) is 5.17. The summed E-state index contributed by atoms with van der Waals surface area (Å²) in [6.07, 6.45) is 1.19. The molecule has 0 aliphatic carbocycles. The van der Waals surface area contributed by atoms with Crippen molar-refractivity contribution in [2.75, 3.05) is 20.8 Å². The second-order valence-corrected chi connectivity index (χ2v) is 4.59. The van der Waals surface area contributed by atoms with Crippen LogP contribution >= 0.6 is 0 Å². The SMILES string of the molecule is COCCn1c(-c2cc(F)cc(F)c2)cnc(C(=O)OC)c1=O. The van der Waals surface area contributed by atoms with Gasteiger partial charge in [-0.3, -0.25) is 4.79 Å². The first-order valence-electron chi connectivity index (χ1n) is 6.61. The lowest BCUT2D eigenvalue weighted by molar-refractivity contribution is 0.0590. The van der Waals surface area contributed by atoms with E-state index in [4.69, 9.17) is 4.74 Å². The second-order valence-electron chi connectivity index (χ2n) is 4.59. The molecule has 0 spiro atoms. The zero-order chi connectivity index (χ0) is 17.0. The van der Waals surface area contributed by atoms with Gasteiger partial charge in [0.25, 0.3) is 5.56 Å². The standard InChI is InChI=1S/C15H14F2N2O4/c1-22-4-3-19-12(9-5-10(16)7-11(17)6-9)8-18-13(14(19)20)15(21)23-2/h5-8H,3-4H2,1-2H3. The van der Waals surface area contributed by atoms with Crippen molar-refractivity contribution >= 4 is 5.97 Å². The molecule has 0 saturated heterocycles. The van der Waals surface area contributed by atoms with Gasteiger partial charge in [0.2, 0.25) is 5.69 Å². The normalized spacial score (nSPS) is 10.6. The Balaban J connectivity index is 2.65. The lowest BCUT2D eigenvalue weighted by Gasteiger charge is -2.13. The maximum absolute atomic E-state index is 13.4. The first-order valence-corrected chi connectivity index (χ1v) is 6.61. The number of methoxy groups -OCH3 is 2. The lowest BCUT2D eigenvalue weighted by atomic mass is 10.1. The molecule has 1 aromatic heterocycles. The van der Waals surface area contributed by atoms with Crippen molar-refractivity contribution < 1.29 is 23.0 Å². The van der Waals surface area contributed by atoms with Crippen molar-refractivity contribution in [3.05, 3.63) is 52.1 Å². The van der Waals surface area contributed by atoms with Crippen LogP contribution in [0.1, 0.15) is 10.5 Å². The molecule has 0 N–H and O–H groups in total. The Labute approximate surface area is 130 Å².